The highest BCUT2D eigenvalue weighted by Gasteiger charge is 2.24. The predicted octanol–water partition coefficient (Wildman–Crippen LogP) is 2.37. The normalized spacial score (nSPS) is 23.7. The Bertz CT molecular complexity index is 323. The minimum atomic E-state index is -0.438. The number of aliphatic hydroxyl groups excluding tert-OH is 1. The first kappa shape index (κ1) is 10.9. The van der Waals surface area contributed by atoms with Gasteiger partial charge in [0.25, 0.3) is 0 Å². The number of rotatable bonds is 2. The van der Waals surface area contributed by atoms with Crippen molar-refractivity contribution in [2.24, 2.45) is 5.92 Å². The Hall–Kier alpha value is -0.570. The predicted molar refractivity (Wildman–Crippen MR) is 62.0 cm³/mol. The van der Waals surface area contributed by atoms with Crippen molar-refractivity contribution in [3.05, 3.63) is 34.9 Å². The van der Waals surface area contributed by atoms with E-state index in [2.05, 4.69) is 5.32 Å². The van der Waals surface area contributed by atoms with Gasteiger partial charge >= 0.3 is 0 Å². The molecule has 1 aliphatic heterocycles. The van der Waals surface area contributed by atoms with Crippen molar-refractivity contribution in [1.29, 1.82) is 0 Å². The first-order chi connectivity index (χ1) is 7.29. The van der Waals surface area contributed by atoms with Crippen molar-refractivity contribution in [2.45, 2.75) is 18.9 Å². The van der Waals surface area contributed by atoms with Crippen LogP contribution in [-0.4, -0.2) is 18.2 Å². The molecule has 1 saturated heterocycles. The third-order valence-corrected chi connectivity index (χ3v) is 3.35. The second kappa shape index (κ2) is 4.97. The maximum atomic E-state index is 10.2. The van der Waals surface area contributed by atoms with E-state index in [1.807, 2.05) is 24.3 Å². The Morgan fingerprint density at radius 1 is 1.40 bits per heavy atom. The summed E-state index contributed by atoms with van der Waals surface area (Å²) in [5, 5.41) is 14.2. The fourth-order valence-corrected chi connectivity index (χ4v) is 2.36. The van der Waals surface area contributed by atoms with Crippen LogP contribution in [0, 0.1) is 5.92 Å². The van der Waals surface area contributed by atoms with E-state index in [1.165, 1.54) is 0 Å². The quantitative estimate of drug-likeness (QED) is 0.810. The fourth-order valence-electron chi connectivity index (χ4n) is 2.12. The Balaban J connectivity index is 2.12. The largest absolute Gasteiger partial charge is 0.388 e. The van der Waals surface area contributed by atoms with E-state index >= 15 is 0 Å². The summed E-state index contributed by atoms with van der Waals surface area (Å²) in [5.74, 6) is 0.290. The van der Waals surface area contributed by atoms with Crippen LogP contribution in [0.5, 0.6) is 0 Å². The van der Waals surface area contributed by atoms with Gasteiger partial charge in [-0.2, -0.15) is 0 Å². The Morgan fingerprint density at radius 2 is 2.20 bits per heavy atom. The molecular formula is C12H16ClNO. The summed E-state index contributed by atoms with van der Waals surface area (Å²) in [5.41, 5.74) is 0.855. The van der Waals surface area contributed by atoms with Crippen LogP contribution >= 0.6 is 11.6 Å². The molecule has 2 nitrogen and oxygen atoms in total. The second-order valence-electron chi connectivity index (χ2n) is 4.07. The molecular weight excluding hydrogens is 210 g/mol. The molecule has 1 heterocycles. The highest BCUT2D eigenvalue weighted by molar-refractivity contribution is 6.31. The van der Waals surface area contributed by atoms with E-state index in [9.17, 15) is 5.11 Å². The van der Waals surface area contributed by atoms with E-state index in [4.69, 9.17) is 11.6 Å². The van der Waals surface area contributed by atoms with Gasteiger partial charge in [0.1, 0.15) is 0 Å². The molecule has 0 spiro atoms. The summed E-state index contributed by atoms with van der Waals surface area (Å²) in [6.07, 6.45) is 1.76. The smallest absolute Gasteiger partial charge is 0.0844 e. The van der Waals surface area contributed by atoms with Gasteiger partial charge in [-0.15, -0.1) is 0 Å². The van der Waals surface area contributed by atoms with E-state index in [0.717, 1.165) is 31.5 Å². The number of piperidine rings is 1. The molecule has 0 radical (unpaired) electrons. The zero-order chi connectivity index (χ0) is 10.7. The Morgan fingerprint density at radius 3 is 2.87 bits per heavy atom. The molecule has 0 amide bonds. The molecule has 0 saturated carbocycles. The van der Waals surface area contributed by atoms with E-state index in [0.29, 0.717) is 10.9 Å². The molecule has 0 aromatic heterocycles. The monoisotopic (exact) mass is 225 g/mol. The third-order valence-electron chi connectivity index (χ3n) is 3.01. The lowest BCUT2D eigenvalue weighted by atomic mass is 9.89. The lowest BCUT2D eigenvalue weighted by Crippen LogP contribution is -2.33. The van der Waals surface area contributed by atoms with Crippen molar-refractivity contribution in [3.8, 4) is 0 Å². The lowest BCUT2D eigenvalue weighted by molar-refractivity contribution is 0.0922. The zero-order valence-corrected chi connectivity index (χ0v) is 9.37. The summed E-state index contributed by atoms with van der Waals surface area (Å²) < 4.78 is 0. The molecule has 1 aromatic rings. The standard InChI is InChI=1S/C12H16ClNO/c13-11-6-2-1-5-10(11)12(15)9-4-3-7-14-8-9/h1-2,5-6,9,12,14-15H,3-4,7-8H2. The van der Waals surface area contributed by atoms with Crippen LogP contribution in [0.4, 0.5) is 0 Å². The van der Waals surface area contributed by atoms with E-state index in [1.54, 1.807) is 0 Å². The van der Waals surface area contributed by atoms with Crippen LogP contribution in [0.3, 0.4) is 0 Å². The maximum absolute atomic E-state index is 10.2. The number of halogens is 1. The molecule has 2 unspecified atom stereocenters. The summed E-state index contributed by atoms with van der Waals surface area (Å²) in [6.45, 7) is 1.94. The Kier molecular flexibility index (Phi) is 3.62. The van der Waals surface area contributed by atoms with Crippen LogP contribution in [0.1, 0.15) is 24.5 Å². The van der Waals surface area contributed by atoms with Crippen molar-refractivity contribution >= 4 is 11.6 Å². The van der Waals surface area contributed by atoms with Gasteiger partial charge in [-0.05, 0) is 31.0 Å². The van der Waals surface area contributed by atoms with Gasteiger partial charge in [-0.3, -0.25) is 0 Å². The summed E-state index contributed by atoms with van der Waals surface area (Å²) >= 11 is 6.06. The van der Waals surface area contributed by atoms with Gasteiger partial charge in [0, 0.05) is 17.5 Å². The molecule has 0 aliphatic carbocycles. The van der Waals surface area contributed by atoms with Crippen LogP contribution in [0.2, 0.25) is 5.02 Å². The molecule has 15 heavy (non-hydrogen) atoms. The summed E-state index contributed by atoms with van der Waals surface area (Å²) in [7, 11) is 0. The van der Waals surface area contributed by atoms with Crippen molar-refractivity contribution in [1.82, 2.24) is 5.32 Å². The molecule has 3 heteroatoms. The van der Waals surface area contributed by atoms with Crippen LogP contribution < -0.4 is 5.32 Å². The van der Waals surface area contributed by atoms with Gasteiger partial charge in [0.05, 0.1) is 6.10 Å². The Labute approximate surface area is 95.3 Å². The highest BCUT2D eigenvalue weighted by Crippen LogP contribution is 2.31. The number of benzene rings is 1. The molecule has 2 rings (SSSR count). The topological polar surface area (TPSA) is 32.3 Å². The lowest BCUT2D eigenvalue weighted by Gasteiger charge is -2.28. The van der Waals surface area contributed by atoms with Crippen LogP contribution in [0.15, 0.2) is 24.3 Å². The molecule has 1 fully saturated rings. The summed E-state index contributed by atoms with van der Waals surface area (Å²) in [6, 6.07) is 7.54. The molecule has 82 valence electrons. The minimum Gasteiger partial charge on any atom is -0.388 e. The zero-order valence-electron chi connectivity index (χ0n) is 8.62. The summed E-state index contributed by atoms with van der Waals surface area (Å²) in [4.78, 5) is 0. The van der Waals surface area contributed by atoms with Crippen molar-refractivity contribution in [2.75, 3.05) is 13.1 Å². The fraction of sp³-hybridized carbons (Fsp3) is 0.500. The molecule has 1 aliphatic rings. The molecule has 2 atom stereocenters. The van der Waals surface area contributed by atoms with Gasteiger partial charge in [0.15, 0.2) is 0 Å². The van der Waals surface area contributed by atoms with Gasteiger partial charge in [-0.25, -0.2) is 0 Å². The van der Waals surface area contributed by atoms with Gasteiger partial charge < -0.3 is 10.4 Å². The van der Waals surface area contributed by atoms with Gasteiger partial charge in [0.2, 0.25) is 0 Å². The third kappa shape index (κ3) is 2.51. The SMILES string of the molecule is OC(c1ccccc1Cl)C1CCCNC1. The number of aliphatic hydroxyl groups is 1. The van der Waals surface area contributed by atoms with Crippen LogP contribution in [0.25, 0.3) is 0 Å². The van der Waals surface area contributed by atoms with Crippen molar-refractivity contribution in [3.63, 3.8) is 0 Å². The minimum absolute atomic E-state index is 0.290. The maximum Gasteiger partial charge on any atom is 0.0844 e. The van der Waals surface area contributed by atoms with Crippen LogP contribution in [-0.2, 0) is 0 Å². The second-order valence-corrected chi connectivity index (χ2v) is 4.48. The molecule has 1 aromatic carbocycles. The molecule has 2 N–H and O–H groups in total. The average molecular weight is 226 g/mol. The van der Waals surface area contributed by atoms with E-state index in [-0.39, 0.29) is 0 Å². The van der Waals surface area contributed by atoms with Gasteiger partial charge in [-0.1, -0.05) is 29.8 Å². The molecule has 0 bridgehead atoms. The van der Waals surface area contributed by atoms with E-state index < -0.39 is 6.10 Å². The first-order valence-corrected chi connectivity index (χ1v) is 5.80. The van der Waals surface area contributed by atoms with Crippen molar-refractivity contribution < 1.29 is 5.11 Å². The number of hydrogen-bond donors (Lipinski definition) is 2. The number of hydrogen-bond acceptors (Lipinski definition) is 2. The number of nitrogens with one attached hydrogen (secondary N) is 1. The highest BCUT2D eigenvalue weighted by atomic mass is 35.5. The first-order valence-electron chi connectivity index (χ1n) is 5.42. The average Bonchev–Trinajstić information content (AvgIpc) is 2.30.